The summed E-state index contributed by atoms with van der Waals surface area (Å²) in [4.78, 5) is 36.6. The number of carbonyl (C=O) groups excluding carboxylic acids is 2. The van der Waals surface area contributed by atoms with Crippen LogP contribution in [0.2, 0.25) is 0 Å². The molecule has 0 bridgehead atoms. The second kappa shape index (κ2) is 7.08. The van der Waals surface area contributed by atoms with E-state index < -0.39 is 23.0 Å². The number of rotatable bonds is 4. The van der Waals surface area contributed by atoms with Gasteiger partial charge in [0.1, 0.15) is 0 Å². The lowest BCUT2D eigenvalue weighted by Crippen LogP contribution is -2.34. The second-order valence-corrected chi connectivity index (χ2v) is 6.48. The molecule has 25 heavy (non-hydrogen) atoms. The molecule has 2 aliphatic heterocycles. The molecule has 1 atom stereocenters. The van der Waals surface area contributed by atoms with Crippen LogP contribution in [0.1, 0.15) is 36.5 Å². The summed E-state index contributed by atoms with van der Waals surface area (Å²) in [5, 5.41) is 11.1. The van der Waals surface area contributed by atoms with Gasteiger partial charge in [0.2, 0.25) is 6.10 Å². The van der Waals surface area contributed by atoms with Crippen molar-refractivity contribution in [2.75, 3.05) is 24.6 Å². The van der Waals surface area contributed by atoms with E-state index in [1.807, 2.05) is 4.90 Å². The Hall–Kier alpha value is -2.64. The third kappa shape index (κ3) is 3.72. The molecule has 3 rings (SSSR count). The van der Waals surface area contributed by atoms with Crippen molar-refractivity contribution >= 4 is 23.3 Å². The molecule has 2 fully saturated rings. The molecule has 8 nitrogen and oxygen atoms in total. The minimum absolute atomic E-state index is 0.114. The van der Waals surface area contributed by atoms with Gasteiger partial charge in [0.05, 0.1) is 22.8 Å². The molecule has 2 aliphatic rings. The molecular weight excluding hydrogens is 328 g/mol. The lowest BCUT2D eigenvalue weighted by atomic mass is 9.98. The first-order valence-corrected chi connectivity index (χ1v) is 8.36. The van der Waals surface area contributed by atoms with Crippen LogP contribution in [0.3, 0.4) is 0 Å². The fraction of sp³-hybridized carbons (Fsp3) is 0.529. The number of non-ortho nitro benzene ring substituents is 1. The van der Waals surface area contributed by atoms with Crippen molar-refractivity contribution in [2.45, 2.75) is 32.3 Å². The molecule has 1 aromatic rings. The average molecular weight is 348 g/mol. The van der Waals surface area contributed by atoms with Gasteiger partial charge in [-0.2, -0.15) is 0 Å². The molecule has 134 valence electrons. The fourth-order valence-electron chi connectivity index (χ4n) is 3.10. The summed E-state index contributed by atoms with van der Waals surface area (Å²) >= 11 is 0. The van der Waals surface area contributed by atoms with Crippen molar-refractivity contribution in [2.24, 2.45) is 5.92 Å². The highest BCUT2D eigenvalue weighted by atomic mass is 16.6. The van der Waals surface area contributed by atoms with Crippen molar-refractivity contribution in [1.29, 1.82) is 0 Å². The lowest BCUT2D eigenvalue weighted by molar-refractivity contribution is -0.384. The third-order valence-electron chi connectivity index (χ3n) is 4.67. The quantitative estimate of drug-likeness (QED) is 0.467. The highest BCUT2D eigenvalue weighted by Crippen LogP contribution is 2.30. The Morgan fingerprint density at radius 2 is 2.04 bits per heavy atom. The van der Waals surface area contributed by atoms with E-state index in [1.54, 1.807) is 6.07 Å². The lowest BCUT2D eigenvalue weighted by Gasteiger charge is -2.33. The van der Waals surface area contributed by atoms with Crippen LogP contribution in [-0.4, -0.2) is 42.7 Å². The molecule has 0 N–H and O–H groups in total. The summed E-state index contributed by atoms with van der Waals surface area (Å²) in [6.45, 7) is 3.92. The number of nitro groups is 1. The zero-order chi connectivity index (χ0) is 18.0. The predicted molar refractivity (Wildman–Crippen MR) is 88.5 cm³/mol. The van der Waals surface area contributed by atoms with Crippen molar-refractivity contribution < 1.29 is 24.0 Å². The van der Waals surface area contributed by atoms with Crippen LogP contribution in [-0.2, 0) is 14.3 Å². The Balaban J connectivity index is 1.88. The summed E-state index contributed by atoms with van der Waals surface area (Å²) in [5.74, 6) is -0.703. The third-order valence-corrected chi connectivity index (χ3v) is 4.67. The van der Waals surface area contributed by atoms with Crippen molar-refractivity contribution in [3.05, 3.63) is 33.9 Å². The van der Waals surface area contributed by atoms with E-state index in [4.69, 9.17) is 9.47 Å². The van der Waals surface area contributed by atoms with E-state index in [-0.39, 0.29) is 17.9 Å². The van der Waals surface area contributed by atoms with Gasteiger partial charge >= 0.3 is 11.9 Å². The Labute approximate surface area is 144 Å². The van der Waals surface area contributed by atoms with Gasteiger partial charge in [0, 0.05) is 31.6 Å². The number of hydrogen-bond acceptors (Lipinski definition) is 7. The number of carbonyl (C=O) groups is 2. The first kappa shape index (κ1) is 17.2. The summed E-state index contributed by atoms with van der Waals surface area (Å²) in [7, 11) is 0. The standard InChI is InChI=1S/C17H20N2O6/c1-11-4-7-18(8-5-11)14-3-2-12(19(22)23)10-13(14)16(20)25-15-6-9-24-17(15)21/h2-3,10-11,15H,4-9H2,1H3/t15-/m1/s1. The molecule has 0 aromatic heterocycles. The zero-order valence-electron chi connectivity index (χ0n) is 14.0. The average Bonchev–Trinajstić information content (AvgIpc) is 3.00. The first-order valence-electron chi connectivity index (χ1n) is 8.36. The van der Waals surface area contributed by atoms with E-state index in [0.717, 1.165) is 25.9 Å². The number of nitrogens with zero attached hydrogens (tertiary/aromatic N) is 2. The molecular formula is C17H20N2O6. The van der Waals surface area contributed by atoms with Crippen LogP contribution in [0.4, 0.5) is 11.4 Å². The molecule has 0 saturated carbocycles. The molecule has 1 aromatic carbocycles. The minimum Gasteiger partial charge on any atom is -0.463 e. The number of piperidine rings is 1. The summed E-state index contributed by atoms with van der Waals surface area (Å²) in [6, 6.07) is 4.18. The van der Waals surface area contributed by atoms with Gasteiger partial charge < -0.3 is 14.4 Å². The summed E-state index contributed by atoms with van der Waals surface area (Å²) in [5.41, 5.74) is 0.535. The van der Waals surface area contributed by atoms with Gasteiger partial charge in [-0.1, -0.05) is 6.92 Å². The topological polar surface area (TPSA) is 99.0 Å². The van der Waals surface area contributed by atoms with Crippen LogP contribution in [0, 0.1) is 16.0 Å². The van der Waals surface area contributed by atoms with E-state index >= 15 is 0 Å². The number of nitro benzene ring substituents is 1. The van der Waals surface area contributed by atoms with Gasteiger partial charge in [-0.25, -0.2) is 9.59 Å². The predicted octanol–water partition coefficient (Wildman–Crippen LogP) is 2.30. The molecule has 0 amide bonds. The second-order valence-electron chi connectivity index (χ2n) is 6.48. The van der Waals surface area contributed by atoms with E-state index in [9.17, 15) is 19.7 Å². The van der Waals surface area contributed by atoms with E-state index in [1.165, 1.54) is 12.1 Å². The zero-order valence-corrected chi connectivity index (χ0v) is 14.0. The highest BCUT2D eigenvalue weighted by molar-refractivity contribution is 5.98. The fourth-order valence-corrected chi connectivity index (χ4v) is 3.10. The number of ether oxygens (including phenoxy) is 2. The molecule has 2 heterocycles. The van der Waals surface area contributed by atoms with Gasteiger partial charge in [0.25, 0.3) is 5.69 Å². The molecule has 0 spiro atoms. The molecule has 2 saturated heterocycles. The van der Waals surface area contributed by atoms with Crippen LogP contribution in [0.15, 0.2) is 18.2 Å². The Morgan fingerprint density at radius 3 is 2.64 bits per heavy atom. The summed E-state index contributed by atoms with van der Waals surface area (Å²) < 4.78 is 10.0. The number of esters is 2. The summed E-state index contributed by atoms with van der Waals surface area (Å²) in [6.07, 6.45) is 1.33. The van der Waals surface area contributed by atoms with Crippen molar-refractivity contribution in [3.63, 3.8) is 0 Å². The van der Waals surface area contributed by atoms with Crippen LogP contribution >= 0.6 is 0 Å². The van der Waals surface area contributed by atoms with E-state index in [2.05, 4.69) is 6.92 Å². The van der Waals surface area contributed by atoms with Crippen molar-refractivity contribution in [1.82, 2.24) is 0 Å². The van der Waals surface area contributed by atoms with Crippen LogP contribution in [0.25, 0.3) is 0 Å². The highest BCUT2D eigenvalue weighted by Gasteiger charge is 2.32. The van der Waals surface area contributed by atoms with Crippen molar-refractivity contribution in [3.8, 4) is 0 Å². The largest absolute Gasteiger partial charge is 0.463 e. The van der Waals surface area contributed by atoms with E-state index in [0.29, 0.717) is 18.0 Å². The minimum atomic E-state index is -0.944. The maximum Gasteiger partial charge on any atom is 0.347 e. The number of benzene rings is 1. The van der Waals surface area contributed by atoms with Crippen LogP contribution in [0.5, 0.6) is 0 Å². The Morgan fingerprint density at radius 1 is 1.32 bits per heavy atom. The van der Waals surface area contributed by atoms with Gasteiger partial charge in [0.15, 0.2) is 0 Å². The monoisotopic (exact) mass is 348 g/mol. The Bertz CT molecular complexity index is 696. The molecule has 8 heteroatoms. The maximum absolute atomic E-state index is 12.6. The normalized spacial score (nSPS) is 21.1. The number of anilines is 1. The molecule has 0 unspecified atom stereocenters. The van der Waals surface area contributed by atoms with Gasteiger partial charge in [-0.15, -0.1) is 0 Å². The first-order chi connectivity index (χ1) is 12.0. The SMILES string of the molecule is CC1CCN(c2ccc([N+](=O)[O-])cc2C(=O)O[C@@H]2CCOC2=O)CC1. The Kier molecular flexibility index (Phi) is 4.87. The molecule has 0 aliphatic carbocycles. The smallest absolute Gasteiger partial charge is 0.347 e. The number of cyclic esters (lactones) is 1. The van der Waals surface area contributed by atoms with Gasteiger partial charge in [-0.3, -0.25) is 10.1 Å². The van der Waals surface area contributed by atoms with Crippen LogP contribution < -0.4 is 4.90 Å². The van der Waals surface area contributed by atoms with Gasteiger partial charge in [-0.05, 0) is 24.8 Å². The maximum atomic E-state index is 12.6. The molecule has 0 radical (unpaired) electrons. The number of hydrogen-bond donors (Lipinski definition) is 0.